The van der Waals surface area contributed by atoms with E-state index in [1.807, 2.05) is 12.4 Å². The molecule has 0 amide bonds. The summed E-state index contributed by atoms with van der Waals surface area (Å²) in [5.74, 6) is 1.14. The lowest BCUT2D eigenvalue weighted by Gasteiger charge is -2.26. The van der Waals surface area contributed by atoms with Crippen LogP contribution in [0.1, 0.15) is 199 Å². The lowest BCUT2D eigenvalue weighted by molar-refractivity contribution is 0.284. The smallest absolute Gasteiger partial charge is 0.0965 e. The highest BCUT2D eigenvalue weighted by molar-refractivity contribution is 6.18. The number of benzene rings is 1. The fraction of sp³-hybridized carbons (Fsp3) is 0.786. The Bertz CT molecular complexity index is 772. The number of aliphatic imine (C=N–C) groups is 2. The summed E-state index contributed by atoms with van der Waals surface area (Å²) in [5, 5.41) is 0. The summed E-state index contributed by atoms with van der Waals surface area (Å²) in [7, 11) is 0. The van der Waals surface area contributed by atoms with Crippen LogP contribution in [0.5, 0.6) is 0 Å². The predicted molar refractivity (Wildman–Crippen MR) is 198 cm³/mol. The second kappa shape index (κ2) is 28.9. The average molecular weight is 606 g/mol. The molecule has 1 heterocycles. The molecule has 250 valence electrons. The molecular formula is C42H73N2+. The summed E-state index contributed by atoms with van der Waals surface area (Å²) in [5.41, 5.74) is 1.48. The maximum atomic E-state index is 4.76. The number of rotatable bonds is 32. The molecule has 0 spiro atoms. The standard InChI is InChI=1S/C42H73N2/c1-3-5-7-9-11-13-15-17-19-21-23-25-30-34-40(38-39-32-28-27-29-33-39)41(42-43-36-37-44-42)35-31-26-24-22-20-18-16-14-12-10-8-6-4-2/h27-29,32-33,36-37,40-41H,3-26,30-31,34-35,38H2,1-2H3/q+1. The first-order valence-corrected chi connectivity index (χ1v) is 19.8. The minimum Gasteiger partial charge on any atom is -0.0965 e. The fourth-order valence-electron chi connectivity index (χ4n) is 7.19. The molecule has 1 aliphatic heterocycles. The highest BCUT2D eigenvalue weighted by Crippen LogP contribution is 2.37. The summed E-state index contributed by atoms with van der Waals surface area (Å²) < 4.78 is 0. The Labute approximate surface area is 275 Å². The second-order valence-corrected chi connectivity index (χ2v) is 14.0. The number of hydrogen-bond acceptors (Lipinski definition) is 2. The lowest BCUT2D eigenvalue weighted by Crippen LogP contribution is -2.22. The third-order valence-electron chi connectivity index (χ3n) is 10.0. The van der Waals surface area contributed by atoms with Gasteiger partial charge in [-0.3, -0.25) is 0 Å². The molecule has 0 bridgehead atoms. The highest BCUT2D eigenvalue weighted by atomic mass is 15.0. The molecule has 2 rings (SSSR count). The second-order valence-electron chi connectivity index (χ2n) is 14.0. The molecule has 44 heavy (non-hydrogen) atoms. The van der Waals surface area contributed by atoms with E-state index in [1.54, 1.807) is 0 Å². The molecule has 1 aromatic carbocycles. The monoisotopic (exact) mass is 606 g/mol. The first-order chi connectivity index (χ1) is 21.8. The number of unbranched alkanes of at least 4 members (excludes halogenated alkanes) is 24. The molecule has 0 saturated carbocycles. The molecule has 0 saturated heterocycles. The van der Waals surface area contributed by atoms with Gasteiger partial charge in [-0.1, -0.05) is 221 Å². The van der Waals surface area contributed by atoms with Gasteiger partial charge in [0.2, 0.25) is 6.17 Å². The molecule has 2 unspecified atom stereocenters. The third-order valence-corrected chi connectivity index (χ3v) is 10.0. The Balaban J connectivity index is 1.67. The van der Waals surface area contributed by atoms with Crippen molar-refractivity contribution in [1.82, 2.24) is 0 Å². The van der Waals surface area contributed by atoms with Crippen molar-refractivity contribution in [3.05, 3.63) is 42.1 Å². The molecule has 0 fully saturated rings. The molecule has 2 heteroatoms. The van der Waals surface area contributed by atoms with Crippen molar-refractivity contribution < 1.29 is 0 Å². The summed E-state index contributed by atoms with van der Waals surface area (Å²) in [4.78, 5) is 9.52. The van der Waals surface area contributed by atoms with Crippen LogP contribution >= 0.6 is 0 Å². The van der Waals surface area contributed by atoms with E-state index in [0.29, 0.717) is 11.8 Å². The predicted octanol–water partition coefficient (Wildman–Crippen LogP) is 14.1. The van der Waals surface area contributed by atoms with Crippen LogP contribution in [0, 0.1) is 18.0 Å². The van der Waals surface area contributed by atoms with Crippen LogP contribution < -0.4 is 0 Å². The summed E-state index contributed by atoms with van der Waals surface area (Å²) >= 11 is 0. The van der Waals surface area contributed by atoms with Crippen molar-refractivity contribution >= 4 is 12.4 Å². The maximum Gasteiger partial charge on any atom is 0.244 e. The quantitative estimate of drug-likeness (QED) is 0.0576. The van der Waals surface area contributed by atoms with Crippen LogP contribution in [-0.2, 0) is 6.42 Å². The van der Waals surface area contributed by atoms with Gasteiger partial charge in [-0.2, -0.15) is 0 Å². The minimum absolute atomic E-state index is 0.496. The van der Waals surface area contributed by atoms with Gasteiger partial charge in [-0.15, -0.1) is 0 Å². The molecule has 2 nitrogen and oxygen atoms in total. The van der Waals surface area contributed by atoms with E-state index in [9.17, 15) is 0 Å². The fourth-order valence-corrected chi connectivity index (χ4v) is 7.19. The largest absolute Gasteiger partial charge is 0.244 e. The Morgan fingerprint density at radius 2 is 0.818 bits per heavy atom. The molecule has 1 aromatic rings. The van der Waals surface area contributed by atoms with Gasteiger partial charge in [0.25, 0.3) is 0 Å². The Morgan fingerprint density at radius 1 is 0.455 bits per heavy atom. The van der Waals surface area contributed by atoms with Gasteiger partial charge in [0.15, 0.2) is 12.4 Å². The molecule has 2 atom stereocenters. The van der Waals surface area contributed by atoms with E-state index < -0.39 is 0 Å². The van der Waals surface area contributed by atoms with E-state index in [4.69, 9.17) is 9.98 Å². The van der Waals surface area contributed by atoms with Crippen LogP contribution in [-0.4, -0.2) is 12.4 Å². The van der Waals surface area contributed by atoms with Gasteiger partial charge in [-0.25, -0.2) is 0 Å². The highest BCUT2D eigenvalue weighted by Gasteiger charge is 2.35. The lowest BCUT2D eigenvalue weighted by atomic mass is 9.78. The van der Waals surface area contributed by atoms with Crippen molar-refractivity contribution in [2.24, 2.45) is 21.8 Å². The molecule has 0 aliphatic carbocycles. The molecule has 0 N–H and O–H groups in total. The first kappa shape index (κ1) is 38.6. The van der Waals surface area contributed by atoms with Gasteiger partial charge in [0, 0.05) is 0 Å². The number of nitrogens with zero attached hydrogens (tertiary/aromatic N) is 2. The van der Waals surface area contributed by atoms with Crippen molar-refractivity contribution in [2.45, 2.75) is 200 Å². The van der Waals surface area contributed by atoms with Gasteiger partial charge in [0.05, 0.1) is 5.92 Å². The third kappa shape index (κ3) is 20.5. The van der Waals surface area contributed by atoms with Crippen LogP contribution in [0.2, 0.25) is 0 Å². The zero-order valence-electron chi connectivity index (χ0n) is 29.6. The summed E-state index contributed by atoms with van der Waals surface area (Å²) in [6.07, 6.45) is 45.5. The van der Waals surface area contributed by atoms with E-state index in [2.05, 4.69) is 44.2 Å². The number of hydrogen-bond donors (Lipinski definition) is 0. The van der Waals surface area contributed by atoms with Crippen molar-refractivity contribution in [2.75, 3.05) is 0 Å². The normalized spacial score (nSPS) is 14.1. The van der Waals surface area contributed by atoms with Crippen LogP contribution in [0.4, 0.5) is 0 Å². The van der Waals surface area contributed by atoms with E-state index in [0.717, 1.165) is 12.6 Å². The molecule has 1 aliphatic rings. The van der Waals surface area contributed by atoms with E-state index in [-0.39, 0.29) is 0 Å². The molecular weight excluding hydrogens is 532 g/mol. The first-order valence-electron chi connectivity index (χ1n) is 19.8. The van der Waals surface area contributed by atoms with Crippen LogP contribution in [0.25, 0.3) is 0 Å². The van der Waals surface area contributed by atoms with Gasteiger partial charge >= 0.3 is 0 Å². The van der Waals surface area contributed by atoms with Crippen molar-refractivity contribution in [3.63, 3.8) is 0 Å². The SMILES string of the molecule is CCCCCCCCCCCCCCCC(Cc1ccccc1)C(CCCCCCCCCCCCCCC)[C+]1N=CC=N1. The van der Waals surface area contributed by atoms with Crippen molar-refractivity contribution in [1.29, 1.82) is 0 Å². The van der Waals surface area contributed by atoms with Crippen LogP contribution in [0.15, 0.2) is 40.3 Å². The Morgan fingerprint density at radius 3 is 1.23 bits per heavy atom. The van der Waals surface area contributed by atoms with Gasteiger partial charge in [-0.05, 0) is 30.7 Å². The summed E-state index contributed by atoms with van der Waals surface area (Å²) in [6.45, 7) is 4.61. The summed E-state index contributed by atoms with van der Waals surface area (Å²) in [6, 6.07) is 11.2. The van der Waals surface area contributed by atoms with Gasteiger partial charge < -0.3 is 0 Å². The van der Waals surface area contributed by atoms with Crippen LogP contribution in [0.3, 0.4) is 0 Å². The average Bonchev–Trinajstić information content (AvgIpc) is 3.58. The van der Waals surface area contributed by atoms with E-state index >= 15 is 0 Å². The zero-order valence-corrected chi connectivity index (χ0v) is 29.6. The van der Waals surface area contributed by atoms with Crippen molar-refractivity contribution in [3.8, 4) is 0 Å². The van der Waals surface area contributed by atoms with E-state index in [1.165, 1.54) is 185 Å². The maximum absolute atomic E-state index is 4.76. The Kier molecular flexibility index (Phi) is 25.3. The molecule has 0 radical (unpaired) electrons. The molecule has 0 aromatic heterocycles. The Hall–Kier alpha value is -1.57. The minimum atomic E-state index is 0.496. The zero-order chi connectivity index (χ0) is 31.2. The topological polar surface area (TPSA) is 24.7 Å². The van der Waals surface area contributed by atoms with Gasteiger partial charge in [0.1, 0.15) is 0 Å².